The number of rotatable bonds is 3. The molecule has 0 radical (unpaired) electrons. The van der Waals surface area contributed by atoms with Crippen LogP contribution in [-0.4, -0.2) is 53.5 Å². The number of carbonyl (C=O) groups is 1. The average molecular weight is 260 g/mol. The first-order chi connectivity index (χ1) is 9.20. The van der Waals surface area contributed by atoms with Crippen molar-refractivity contribution in [3.8, 4) is 6.07 Å². The Kier molecular flexibility index (Phi) is 4.13. The Morgan fingerprint density at radius 1 is 1.42 bits per heavy atom. The molecule has 1 fully saturated rings. The Morgan fingerprint density at radius 2 is 2.16 bits per heavy atom. The van der Waals surface area contributed by atoms with Crippen LogP contribution in [0.4, 0.5) is 11.6 Å². The smallest absolute Gasteiger partial charge is 0.219 e. The highest BCUT2D eigenvalue weighted by Gasteiger charge is 2.19. The SMILES string of the molecule is CC(=O)N1CCN(c2cc(NCC#N)ncn2)CC1. The van der Waals surface area contributed by atoms with Crippen LogP contribution in [0.1, 0.15) is 6.92 Å². The van der Waals surface area contributed by atoms with E-state index in [4.69, 9.17) is 5.26 Å². The molecule has 19 heavy (non-hydrogen) atoms. The molecular weight excluding hydrogens is 244 g/mol. The number of piperazine rings is 1. The summed E-state index contributed by atoms with van der Waals surface area (Å²) in [6.45, 7) is 4.74. The van der Waals surface area contributed by atoms with Gasteiger partial charge in [-0.15, -0.1) is 0 Å². The Bertz CT molecular complexity index is 489. The summed E-state index contributed by atoms with van der Waals surface area (Å²) in [7, 11) is 0. The zero-order valence-corrected chi connectivity index (χ0v) is 10.8. The number of anilines is 2. The highest BCUT2D eigenvalue weighted by atomic mass is 16.2. The molecule has 0 atom stereocenters. The summed E-state index contributed by atoms with van der Waals surface area (Å²) in [4.78, 5) is 23.5. The van der Waals surface area contributed by atoms with Gasteiger partial charge in [0, 0.05) is 39.2 Å². The van der Waals surface area contributed by atoms with Crippen molar-refractivity contribution in [3.05, 3.63) is 12.4 Å². The molecule has 1 aliphatic rings. The predicted octanol–water partition coefficient (Wildman–Crippen LogP) is 0.0806. The fourth-order valence-electron chi connectivity index (χ4n) is 2.00. The van der Waals surface area contributed by atoms with Crippen LogP contribution in [0.25, 0.3) is 0 Å². The summed E-state index contributed by atoms with van der Waals surface area (Å²) in [5.74, 6) is 1.57. The van der Waals surface area contributed by atoms with E-state index in [-0.39, 0.29) is 12.5 Å². The highest BCUT2D eigenvalue weighted by Crippen LogP contribution is 2.16. The molecule has 7 nitrogen and oxygen atoms in total. The molecular formula is C12H16N6O. The number of nitrogens with zero attached hydrogens (tertiary/aromatic N) is 5. The maximum Gasteiger partial charge on any atom is 0.219 e. The Balaban J connectivity index is 1.99. The standard InChI is InChI=1S/C12H16N6O/c1-10(19)17-4-6-18(7-5-17)12-8-11(14-3-2-13)15-9-16-12/h8-9H,3-7H2,1H3,(H,14,15,16). The zero-order valence-electron chi connectivity index (χ0n) is 10.8. The Hall–Kier alpha value is -2.36. The van der Waals surface area contributed by atoms with Gasteiger partial charge in [-0.05, 0) is 0 Å². The van der Waals surface area contributed by atoms with Crippen LogP contribution < -0.4 is 10.2 Å². The molecule has 1 saturated heterocycles. The van der Waals surface area contributed by atoms with Crippen molar-refractivity contribution in [2.75, 3.05) is 42.9 Å². The van der Waals surface area contributed by atoms with Crippen molar-refractivity contribution in [2.24, 2.45) is 0 Å². The summed E-state index contributed by atoms with van der Waals surface area (Å²) in [6, 6.07) is 3.82. The van der Waals surface area contributed by atoms with Crippen LogP contribution in [0.15, 0.2) is 12.4 Å². The van der Waals surface area contributed by atoms with Crippen LogP contribution in [0, 0.1) is 11.3 Å². The molecule has 0 aromatic carbocycles. The number of hydrogen-bond acceptors (Lipinski definition) is 6. The normalized spacial score (nSPS) is 14.9. The lowest BCUT2D eigenvalue weighted by Gasteiger charge is -2.34. The summed E-state index contributed by atoms with van der Waals surface area (Å²) >= 11 is 0. The van der Waals surface area contributed by atoms with Gasteiger partial charge in [0.15, 0.2) is 0 Å². The van der Waals surface area contributed by atoms with Crippen LogP contribution in [0.2, 0.25) is 0 Å². The van der Waals surface area contributed by atoms with Gasteiger partial charge < -0.3 is 15.1 Å². The van der Waals surface area contributed by atoms with E-state index >= 15 is 0 Å². The lowest BCUT2D eigenvalue weighted by atomic mass is 10.3. The van der Waals surface area contributed by atoms with E-state index in [0.29, 0.717) is 18.9 Å². The van der Waals surface area contributed by atoms with Gasteiger partial charge in [-0.25, -0.2) is 9.97 Å². The molecule has 1 aliphatic heterocycles. The van der Waals surface area contributed by atoms with Gasteiger partial charge in [-0.3, -0.25) is 4.79 Å². The number of amides is 1. The lowest BCUT2D eigenvalue weighted by Crippen LogP contribution is -2.48. The number of nitriles is 1. The largest absolute Gasteiger partial charge is 0.357 e. The van der Waals surface area contributed by atoms with Crippen molar-refractivity contribution in [3.63, 3.8) is 0 Å². The van der Waals surface area contributed by atoms with Gasteiger partial charge in [0.2, 0.25) is 5.91 Å². The Morgan fingerprint density at radius 3 is 2.79 bits per heavy atom. The molecule has 0 bridgehead atoms. The second-order valence-electron chi connectivity index (χ2n) is 4.27. The molecule has 100 valence electrons. The first kappa shape index (κ1) is 13.1. The number of carbonyl (C=O) groups excluding carboxylic acids is 1. The van der Waals surface area contributed by atoms with Gasteiger partial charge in [-0.2, -0.15) is 5.26 Å². The summed E-state index contributed by atoms with van der Waals surface area (Å²) in [5, 5.41) is 11.4. The molecule has 7 heteroatoms. The Labute approximate surface area is 111 Å². The van der Waals surface area contributed by atoms with Crippen LogP contribution >= 0.6 is 0 Å². The van der Waals surface area contributed by atoms with Gasteiger partial charge in [0.1, 0.15) is 24.5 Å². The van der Waals surface area contributed by atoms with Crippen molar-refractivity contribution >= 4 is 17.5 Å². The molecule has 0 saturated carbocycles. The number of nitrogens with one attached hydrogen (secondary N) is 1. The minimum atomic E-state index is 0.110. The highest BCUT2D eigenvalue weighted by molar-refractivity contribution is 5.73. The molecule has 2 heterocycles. The van der Waals surface area contributed by atoms with Gasteiger partial charge in [-0.1, -0.05) is 0 Å². The third-order valence-electron chi connectivity index (χ3n) is 3.05. The minimum absolute atomic E-state index is 0.110. The maximum atomic E-state index is 11.3. The monoisotopic (exact) mass is 260 g/mol. The summed E-state index contributed by atoms with van der Waals surface area (Å²) < 4.78 is 0. The average Bonchev–Trinajstić information content (AvgIpc) is 2.45. The third kappa shape index (κ3) is 3.31. The number of aromatic nitrogens is 2. The van der Waals surface area contributed by atoms with E-state index in [1.807, 2.05) is 17.0 Å². The van der Waals surface area contributed by atoms with E-state index in [1.165, 1.54) is 6.33 Å². The van der Waals surface area contributed by atoms with Crippen molar-refractivity contribution in [1.29, 1.82) is 5.26 Å². The first-order valence-electron chi connectivity index (χ1n) is 6.14. The van der Waals surface area contributed by atoms with Gasteiger partial charge in [0.25, 0.3) is 0 Å². The van der Waals surface area contributed by atoms with Crippen molar-refractivity contribution in [1.82, 2.24) is 14.9 Å². The van der Waals surface area contributed by atoms with E-state index in [2.05, 4.69) is 20.2 Å². The van der Waals surface area contributed by atoms with Gasteiger partial charge >= 0.3 is 0 Å². The molecule has 1 N–H and O–H groups in total. The molecule has 2 rings (SSSR count). The van der Waals surface area contributed by atoms with E-state index in [0.717, 1.165) is 18.9 Å². The summed E-state index contributed by atoms with van der Waals surface area (Å²) in [6.07, 6.45) is 1.48. The second kappa shape index (κ2) is 6.00. The van der Waals surface area contributed by atoms with Crippen LogP contribution in [0.3, 0.4) is 0 Å². The molecule has 0 aliphatic carbocycles. The molecule has 1 aromatic rings. The van der Waals surface area contributed by atoms with E-state index in [9.17, 15) is 4.79 Å². The summed E-state index contributed by atoms with van der Waals surface area (Å²) in [5.41, 5.74) is 0. The van der Waals surface area contributed by atoms with Crippen LogP contribution in [-0.2, 0) is 4.79 Å². The van der Waals surface area contributed by atoms with Crippen molar-refractivity contribution < 1.29 is 4.79 Å². The van der Waals surface area contributed by atoms with E-state index < -0.39 is 0 Å². The minimum Gasteiger partial charge on any atom is -0.357 e. The maximum absolute atomic E-state index is 11.3. The van der Waals surface area contributed by atoms with Crippen molar-refractivity contribution in [2.45, 2.75) is 6.92 Å². The van der Waals surface area contributed by atoms with E-state index in [1.54, 1.807) is 6.92 Å². The topological polar surface area (TPSA) is 85.2 Å². The molecule has 1 amide bonds. The first-order valence-corrected chi connectivity index (χ1v) is 6.14. The molecule has 0 unspecified atom stereocenters. The van der Waals surface area contributed by atoms with Gasteiger partial charge in [0.05, 0.1) is 6.07 Å². The third-order valence-corrected chi connectivity index (χ3v) is 3.05. The van der Waals surface area contributed by atoms with Crippen LogP contribution in [0.5, 0.6) is 0 Å². The quantitative estimate of drug-likeness (QED) is 0.775. The fourth-order valence-corrected chi connectivity index (χ4v) is 2.00. The number of hydrogen-bond donors (Lipinski definition) is 1. The predicted molar refractivity (Wildman–Crippen MR) is 70.6 cm³/mol. The second-order valence-corrected chi connectivity index (χ2v) is 4.27. The zero-order chi connectivity index (χ0) is 13.7. The lowest BCUT2D eigenvalue weighted by molar-refractivity contribution is -0.129. The fraction of sp³-hybridized carbons (Fsp3) is 0.500. The molecule has 0 spiro atoms. The molecule has 1 aromatic heterocycles.